The van der Waals surface area contributed by atoms with E-state index in [9.17, 15) is 4.79 Å². The van der Waals surface area contributed by atoms with Crippen LogP contribution in [0.25, 0.3) is 0 Å². The molecule has 2 aliphatic rings. The van der Waals surface area contributed by atoms with Crippen molar-refractivity contribution in [1.82, 2.24) is 0 Å². The first-order valence-electron chi connectivity index (χ1n) is 12.3. The Morgan fingerprint density at radius 1 is 0.788 bits per heavy atom. The molecule has 0 bridgehead atoms. The van der Waals surface area contributed by atoms with Gasteiger partial charge < -0.3 is 4.43 Å². The summed E-state index contributed by atoms with van der Waals surface area (Å²) in [6, 6.07) is 29.9. The minimum atomic E-state index is -2.55. The van der Waals surface area contributed by atoms with Crippen LogP contribution in [-0.4, -0.2) is 20.2 Å². The Kier molecular flexibility index (Phi) is 5.66. The third kappa shape index (κ3) is 3.72. The molecule has 2 aliphatic carbocycles. The van der Waals surface area contributed by atoms with Gasteiger partial charge in [-0.1, -0.05) is 106 Å². The number of carbonyl (C=O) groups excluding carboxylic acids is 1. The van der Waals surface area contributed by atoms with Crippen LogP contribution in [0.2, 0.25) is 5.04 Å². The van der Waals surface area contributed by atoms with Crippen LogP contribution in [0.5, 0.6) is 0 Å². The van der Waals surface area contributed by atoms with Crippen molar-refractivity contribution >= 4 is 24.5 Å². The Labute approximate surface area is 199 Å². The second kappa shape index (κ2) is 8.38. The van der Waals surface area contributed by atoms with E-state index in [1.54, 1.807) is 0 Å². The Morgan fingerprint density at radius 2 is 1.30 bits per heavy atom. The lowest BCUT2D eigenvalue weighted by Crippen LogP contribution is -2.68. The van der Waals surface area contributed by atoms with Gasteiger partial charge in [0.1, 0.15) is 0 Å². The second-order valence-corrected chi connectivity index (χ2v) is 15.2. The zero-order chi connectivity index (χ0) is 23.1. The van der Waals surface area contributed by atoms with Crippen LogP contribution in [0.3, 0.4) is 0 Å². The van der Waals surface area contributed by atoms with E-state index in [2.05, 4.69) is 93.6 Å². The van der Waals surface area contributed by atoms with E-state index in [-0.39, 0.29) is 16.6 Å². The molecule has 0 N–H and O–H groups in total. The maximum Gasteiger partial charge on any atom is 0.261 e. The third-order valence-electron chi connectivity index (χ3n) is 7.92. The van der Waals surface area contributed by atoms with E-state index in [0.717, 1.165) is 37.7 Å². The van der Waals surface area contributed by atoms with Crippen molar-refractivity contribution in [3.8, 4) is 0 Å². The summed E-state index contributed by atoms with van der Waals surface area (Å²) in [5.74, 6) is 0.363. The molecule has 0 atom stereocenters. The highest BCUT2D eigenvalue weighted by Gasteiger charge is 2.53. The molecular weight excluding hydrogens is 420 g/mol. The lowest BCUT2D eigenvalue weighted by molar-refractivity contribution is 0.0555. The van der Waals surface area contributed by atoms with Crippen LogP contribution < -0.4 is 10.4 Å². The summed E-state index contributed by atoms with van der Waals surface area (Å²) in [4.78, 5) is 13.3. The molecule has 0 aliphatic heterocycles. The van der Waals surface area contributed by atoms with E-state index < -0.39 is 8.32 Å². The molecule has 33 heavy (non-hydrogen) atoms. The van der Waals surface area contributed by atoms with Crippen LogP contribution in [0, 0.1) is 5.41 Å². The third-order valence-corrected chi connectivity index (χ3v) is 13.0. The highest BCUT2D eigenvalue weighted by atomic mass is 28.4. The zero-order valence-electron chi connectivity index (χ0n) is 20.0. The van der Waals surface area contributed by atoms with Crippen molar-refractivity contribution < 1.29 is 9.22 Å². The molecule has 170 valence electrons. The lowest BCUT2D eigenvalue weighted by atomic mass is 9.70. The maximum absolute atomic E-state index is 13.3. The van der Waals surface area contributed by atoms with Gasteiger partial charge in [-0.2, -0.15) is 0 Å². The predicted octanol–water partition coefficient (Wildman–Crippen LogP) is 5.93. The van der Waals surface area contributed by atoms with Gasteiger partial charge in [-0.25, -0.2) is 0 Å². The molecule has 0 aromatic heterocycles. The first-order chi connectivity index (χ1) is 15.9. The Bertz CT molecular complexity index is 1080. The average molecular weight is 455 g/mol. The van der Waals surface area contributed by atoms with E-state index >= 15 is 0 Å². The molecule has 1 fully saturated rings. The summed E-state index contributed by atoms with van der Waals surface area (Å²) in [6.07, 6.45) is 4.81. The first-order valence-corrected chi connectivity index (χ1v) is 14.2. The predicted molar refractivity (Wildman–Crippen MR) is 138 cm³/mol. The van der Waals surface area contributed by atoms with Gasteiger partial charge in [-0.15, -0.1) is 0 Å². The number of hydrogen-bond acceptors (Lipinski definition) is 2. The van der Waals surface area contributed by atoms with Crippen LogP contribution in [0.4, 0.5) is 0 Å². The number of carbonyl (C=O) groups is 1. The molecule has 1 saturated carbocycles. The summed E-state index contributed by atoms with van der Waals surface area (Å²) in [5.41, 5.74) is 1.97. The molecule has 3 aromatic rings. The van der Waals surface area contributed by atoms with Gasteiger partial charge in [0.2, 0.25) is 0 Å². The first kappa shape index (κ1) is 22.3. The van der Waals surface area contributed by atoms with Crippen molar-refractivity contribution in [1.29, 1.82) is 0 Å². The minimum Gasteiger partial charge on any atom is -0.404 e. The van der Waals surface area contributed by atoms with Gasteiger partial charge in [0.15, 0.2) is 5.78 Å². The molecule has 3 heteroatoms. The molecular formula is C30H34O2Si. The van der Waals surface area contributed by atoms with Crippen molar-refractivity contribution in [2.24, 2.45) is 5.41 Å². The SMILES string of the molecule is CC(C)(C)[Si](OC1CCC2(CC1)Cc1ccccc1C2=O)(c1ccccc1)c1ccccc1. The smallest absolute Gasteiger partial charge is 0.261 e. The molecule has 0 unspecified atom stereocenters. The standard InChI is InChI=1S/C30H34O2Si/c1-29(2,3)33(25-13-6-4-7-14-25,26-15-8-5-9-16-26)32-24-18-20-30(21-19-24)22-23-12-10-11-17-27(23)28(30)31/h4-17,24H,18-22H2,1-3H3. The van der Waals surface area contributed by atoms with Gasteiger partial charge >= 0.3 is 0 Å². The minimum absolute atomic E-state index is 0.0236. The number of hydrogen-bond donors (Lipinski definition) is 0. The number of Topliss-reactive ketones (excluding diaryl/α,β-unsaturated/α-hetero) is 1. The van der Waals surface area contributed by atoms with E-state index in [4.69, 9.17) is 4.43 Å². The van der Waals surface area contributed by atoms with Crippen molar-refractivity contribution in [3.05, 3.63) is 96.1 Å². The molecule has 0 heterocycles. The number of benzene rings is 3. The van der Waals surface area contributed by atoms with E-state index in [1.807, 2.05) is 12.1 Å². The summed E-state index contributed by atoms with van der Waals surface area (Å²) in [6.45, 7) is 7.00. The number of ketones is 1. The molecule has 1 spiro atoms. The fourth-order valence-corrected chi connectivity index (χ4v) is 11.0. The largest absolute Gasteiger partial charge is 0.404 e. The van der Waals surface area contributed by atoms with Gasteiger partial charge in [-0.05, 0) is 53.1 Å². The Hall–Kier alpha value is -2.49. The number of rotatable bonds is 4. The Balaban J connectivity index is 1.46. The molecule has 2 nitrogen and oxygen atoms in total. The Morgan fingerprint density at radius 3 is 1.82 bits per heavy atom. The van der Waals surface area contributed by atoms with Gasteiger partial charge in [0.05, 0.1) is 0 Å². The average Bonchev–Trinajstić information content (AvgIpc) is 3.10. The van der Waals surface area contributed by atoms with Crippen LogP contribution in [-0.2, 0) is 10.8 Å². The van der Waals surface area contributed by atoms with Gasteiger partial charge in [0.25, 0.3) is 8.32 Å². The van der Waals surface area contributed by atoms with Gasteiger partial charge in [0, 0.05) is 17.1 Å². The summed E-state index contributed by atoms with van der Waals surface area (Å²) < 4.78 is 7.36. The normalized spacial score (nSPS) is 23.0. The summed E-state index contributed by atoms with van der Waals surface area (Å²) >= 11 is 0. The summed E-state index contributed by atoms with van der Waals surface area (Å²) in [7, 11) is -2.55. The molecule has 0 saturated heterocycles. The maximum atomic E-state index is 13.3. The quantitative estimate of drug-likeness (QED) is 0.457. The second-order valence-electron chi connectivity index (χ2n) is 10.9. The molecule has 5 rings (SSSR count). The van der Waals surface area contributed by atoms with E-state index in [1.165, 1.54) is 15.9 Å². The van der Waals surface area contributed by atoms with Crippen LogP contribution in [0.15, 0.2) is 84.9 Å². The highest BCUT2D eigenvalue weighted by Crippen LogP contribution is 2.49. The topological polar surface area (TPSA) is 26.3 Å². The van der Waals surface area contributed by atoms with Crippen molar-refractivity contribution in [2.45, 2.75) is 64.0 Å². The fourth-order valence-electron chi connectivity index (χ4n) is 6.23. The van der Waals surface area contributed by atoms with Crippen molar-refractivity contribution in [2.75, 3.05) is 0 Å². The van der Waals surface area contributed by atoms with E-state index in [0.29, 0.717) is 5.78 Å². The summed E-state index contributed by atoms with van der Waals surface area (Å²) in [5, 5.41) is 2.63. The van der Waals surface area contributed by atoms with Gasteiger partial charge in [-0.3, -0.25) is 4.79 Å². The molecule has 0 amide bonds. The monoisotopic (exact) mass is 454 g/mol. The lowest BCUT2D eigenvalue weighted by Gasteiger charge is -2.47. The fraction of sp³-hybridized carbons (Fsp3) is 0.367. The highest BCUT2D eigenvalue weighted by molar-refractivity contribution is 6.99. The molecule has 3 aromatic carbocycles. The van der Waals surface area contributed by atoms with Crippen LogP contribution in [0.1, 0.15) is 62.4 Å². The zero-order valence-corrected chi connectivity index (χ0v) is 21.0. The van der Waals surface area contributed by atoms with Crippen LogP contribution >= 0.6 is 0 Å². The van der Waals surface area contributed by atoms with Crippen molar-refractivity contribution in [3.63, 3.8) is 0 Å². The number of fused-ring (bicyclic) bond motifs is 1. The molecule has 0 radical (unpaired) electrons.